The molecule has 0 aliphatic rings. The second-order valence-electron chi connectivity index (χ2n) is 3.99. The normalized spacial score (nSPS) is 12.2. The van der Waals surface area contributed by atoms with Crippen LogP contribution in [0.1, 0.15) is 5.56 Å². The monoisotopic (exact) mass is 229 g/mol. The number of para-hydroxylation sites is 1. The largest absolute Gasteiger partial charge is 0.464 e. The second-order valence-corrected chi connectivity index (χ2v) is 3.99. The fourth-order valence-corrected chi connectivity index (χ4v) is 1.85. The molecule has 1 N–H and O–H groups in total. The topological polar surface area (TPSA) is 59.3 Å². The third-order valence-corrected chi connectivity index (χ3v) is 2.58. The molecule has 0 fully saturated rings. The number of furan rings is 1. The molecule has 0 aliphatic heterocycles. The number of benzene rings is 1. The molecular formula is C12H12BNO3. The first-order valence-electron chi connectivity index (χ1n) is 5.41. The van der Waals surface area contributed by atoms with Crippen LogP contribution >= 0.6 is 0 Å². The number of hydrogen-bond acceptors (Lipinski definition) is 3. The standard InChI is InChI=1S/C12H12BNO3/c13-11(14-12(16)6-15)5-8-7-17-10-4-2-1-3-9(8)10/h1-4,6-7,11H,5,13H2,(H,14,16). The Balaban J connectivity index is 2.13. The van der Waals surface area contributed by atoms with E-state index in [1.54, 1.807) is 6.26 Å². The number of fused-ring (bicyclic) bond motifs is 1. The molecule has 1 atom stereocenters. The average Bonchev–Trinajstić information content (AvgIpc) is 2.72. The summed E-state index contributed by atoms with van der Waals surface area (Å²) in [5.74, 6) is -0.695. The van der Waals surface area contributed by atoms with E-state index in [0.717, 1.165) is 16.5 Å². The minimum absolute atomic E-state index is 0.103. The molecule has 1 aromatic heterocycles. The van der Waals surface area contributed by atoms with E-state index in [-0.39, 0.29) is 12.2 Å². The summed E-state index contributed by atoms with van der Waals surface area (Å²) in [5, 5.41) is 3.63. The van der Waals surface area contributed by atoms with Gasteiger partial charge in [-0.25, -0.2) is 0 Å². The summed E-state index contributed by atoms with van der Waals surface area (Å²) in [6, 6.07) is 7.72. The van der Waals surface area contributed by atoms with Gasteiger partial charge in [0.05, 0.1) is 6.26 Å². The highest BCUT2D eigenvalue weighted by atomic mass is 16.3. The van der Waals surface area contributed by atoms with Gasteiger partial charge in [-0.3, -0.25) is 9.59 Å². The fraction of sp³-hybridized carbons (Fsp3) is 0.167. The van der Waals surface area contributed by atoms with Crippen molar-refractivity contribution in [2.75, 3.05) is 0 Å². The molecule has 5 heteroatoms. The van der Waals surface area contributed by atoms with Crippen molar-refractivity contribution in [2.45, 2.75) is 12.4 Å². The Hall–Kier alpha value is -2.04. The molecule has 2 aromatic rings. The maximum atomic E-state index is 10.9. The van der Waals surface area contributed by atoms with Crippen molar-refractivity contribution in [1.82, 2.24) is 5.32 Å². The second kappa shape index (κ2) is 4.87. The predicted octanol–water partition coefficient (Wildman–Crippen LogP) is 0.250. The number of nitrogens with one attached hydrogen (secondary N) is 1. The maximum Gasteiger partial charge on any atom is 0.283 e. The van der Waals surface area contributed by atoms with Gasteiger partial charge in [0.15, 0.2) is 0 Å². The Morgan fingerprint density at radius 3 is 3.00 bits per heavy atom. The Labute approximate surface area is 99.4 Å². The minimum atomic E-state index is -0.592. The molecule has 86 valence electrons. The molecule has 4 nitrogen and oxygen atoms in total. The fourth-order valence-electron chi connectivity index (χ4n) is 1.85. The quantitative estimate of drug-likeness (QED) is 0.464. The van der Waals surface area contributed by atoms with Gasteiger partial charge in [-0.2, -0.15) is 0 Å². The van der Waals surface area contributed by atoms with Crippen LogP contribution in [0.4, 0.5) is 0 Å². The molecule has 0 aliphatic carbocycles. The lowest BCUT2D eigenvalue weighted by Crippen LogP contribution is -2.37. The average molecular weight is 229 g/mol. The van der Waals surface area contributed by atoms with Crippen LogP contribution in [0.5, 0.6) is 0 Å². The minimum Gasteiger partial charge on any atom is -0.464 e. The van der Waals surface area contributed by atoms with Gasteiger partial charge in [0.25, 0.3) is 5.91 Å². The molecule has 0 saturated heterocycles. The number of aldehydes is 1. The van der Waals surface area contributed by atoms with Crippen LogP contribution in [0.25, 0.3) is 11.0 Å². The summed E-state index contributed by atoms with van der Waals surface area (Å²) in [6.07, 6.45) is 2.61. The third kappa shape index (κ3) is 2.56. The zero-order valence-corrected chi connectivity index (χ0v) is 9.47. The van der Waals surface area contributed by atoms with Crippen LogP contribution in [-0.4, -0.2) is 26.0 Å². The highest BCUT2D eigenvalue weighted by molar-refractivity contribution is 6.26. The maximum absolute atomic E-state index is 10.9. The molecule has 1 aromatic carbocycles. The molecule has 2 rings (SSSR count). The van der Waals surface area contributed by atoms with Crippen molar-refractivity contribution in [3.63, 3.8) is 0 Å². The molecule has 1 heterocycles. The highest BCUT2D eigenvalue weighted by Crippen LogP contribution is 2.21. The van der Waals surface area contributed by atoms with Gasteiger partial charge >= 0.3 is 0 Å². The van der Waals surface area contributed by atoms with Crippen LogP contribution in [0.2, 0.25) is 0 Å². The van der Waals surface area contributed by atoms with Crippen LogP contribution in [0, 0.1) is 0 Å². The Bertz CT molecular complexity index is 549. The Kier molecular flexibility index (Phi) is 3.28. The number of amides is 1. The summed E-state index contributed by atoms with van der Waals surface area (Å²) >= 11 is 0. The van der Waals surface area contributed by atoms with E-state index in [9.17, 15) is 9.59 Å². The summed E-state index contributed by atoms with van der Waals surface area (Å²) < 4.78 is 5.40. The molecule has 0 bridgehead atoms. The summed E-state index contributed by atoms with van der Waals surface area (Å²) in [5.41, 5.74) is 1.86. The number of carbonyl (C=O) groups is 2. The van der Waals surface area contributed by atoms with Gasteiger partial charge in [-0.15, -0.1) is 0 Å². The number of hydrogen-bond donors (Lipinski definition) is 1. The molecule has 17 heavy (non-hydrogen) atoms. The Morgan fingerprint density at radius 2 is 2.24 bits per heavy atom. The SMILES string of the molecule is BC(Cc1coc2ccccc12)NC(=O)C=O. The molecule has 0 saturated carbocycles. The van der Waals surface area contributed by atoms with Gasteiger partial charge in [-0.05, 0) is 18.1 Å². The van der Waals surface area contributed by atoms with E-state index >= 15 is 0 Å². The van der Waals surface area contributed by atoms with Crippen molar-refractivity contribution in [3.05, 3.63) is 36.1 Å². The van der Waals surface area contributed by atoms with Crippen molar-refractivity contribution in [3.8, 4) is 0 Å². The molecular weight excluding hydrogens is 217 g/mol. The summed E-state index contributed by atoms with van der Waals surface area (Å²) in [6.45, 7) is 0. The molecule has 1 amide bonds. The number of carbonyl (C=O) groups excluding carboxylic acids is 2. The predicted molar refractivity (Wildman–Crippen MR) is 66.5 cm³/mol. The first kappa shape index (κ1) is 11.5. The Morgan fingerprint density at radius 1 is 1.47 bits per heavy atom. The lowest BCUT2D eigenvalue weighted by atomic mass is 9.89. The smallest absolute Gasteiger partial charge is 0.283 e. The zero-order chi connectivity index (χ0) is 12.3. The van der Waals surface area contributed by atoms with E-state index in [0.29, 0.717) is 6.42 Å². The van der Waals surface area contributed by atoms with Gasteiger partial charge in [-0.1, -0.05) is 18.2 Å². The van der Waals surface area contributed by atoms with E-state index in [1.165, 1.54) is 0 Å². The first-order chi connectivity index (χ1) is 8.20. The van der Waals surface area contributed by atoms with E-state index in [4.69, 9.17) is 4.42 Å². The van der Waals surface area contributed by atoms with Gasteiger partial charge in [0, 0.05) is 11.3 Å². The summed E-state index contributed by atoms with van der Waals surface area (Å²) in [7, 11) is 1.85. The van der Waals surface area contributed by atoms with E-state index in [1.807, 2.05) is 32.1 Å². The van der Waals surface area contributed by atoms with Crippen LogP contribution in [0.3, 0.4) is 0 Å². The zero-order valence-electron chi connectivity index (χ0n) is 9.47. The van der Waals surface area contributed by atoms with Crippen LogP contribution in [0.15, 0.2) is 34.9 Å². The number of rotatable bonds is 4. The highest BCUT2D eigenvalue weighted by Gasteiger charge is 2.11. The first-order valence-corrected chi connectivity index (χ1v) is 5.41. The van der Waals surface area contributed by atoms with Gasteiger partial charge in [0.2, 0.25) is 6.29 Å². The van der Waals surface area contributed by atoms with Crippen molar-refractivity contribution < 1.29 is 14.0 Å². The van der Waals surface area contributed by atoms with Crippen molar-refractivity contribution in [1.29, 1.82) is 0 Å². The van der Waals surface area contributed by atoms with Crippen LogP contribution < -0.4 is 5.32 Å². The molecule has 0 spiro atoms. The molecule has 1 unspecified atom stereocenters. The van der Waals surface area contributed by atoms with Crippen LogP contribution in [-0.2, 0) is 16.0 Å². The summed E-state index contributed by atoms with van der Waals surface area (Å²) in [4.78, 5) is 21.1. The van der Waals surface area contributed by atoms with E-state index in [2.05, 4.69) is 5.32 Å². The lowest BCUT2D eigenvalue weighted by Gasteiger charge is -2.10. The van der Waals surface area contributed by atoms with E-state index < -0.39 is 5.91 Å². The third-order valence-electron chi connectivity index (χ3n) is 2.58. The van der Waals surface area contributed by atoms with Gasteiger partial charge < -0.3 is 9.73 Å². The van der Waals surface area contributed by atoms with Crippen molar-refractivity contribution >= 4 is 31.0 Å². The van der Waals surface area contributed by atoms with Gasteiger partial charge in [0.1, 0.15) is 13.4 Å². The van der Waals surface area contributed by atoms with Crippen molar-refractivity contribution in [2.24, 2.45) is 0 Å². The lowest BCUT2D eigenvalue weighted by molar-refractivity contribution is -0.131. The molecule has 0 radical (unpaired) electrons.